The van der Waals surface area contributed by atoms with Crippen molar-refractivity contribution in [1.82, 2.24) is 0 Å². The Balaban J connectivity index is 2.16. The molecule has 0 amide bonds. The highest BCUT2D eigenvalue weighted by atomic mass is 14.3. The van der Waals surface area contributed by atoms with Crippen LogP contribution in [0.1, 0.15) is 26.2 Å². The lowest BCUT2D eigenvalue weighted by Gasteiger charge is -2.06. The Morgan fingerprint density at radius 3 is 3.00 bits per heavy atom. The van der Waals surface area contributed by atoms with Crippen molar-refractivity contribution in [3.8, 4) is 0 Å². The minimum atomic E-state index is 0.838. The van der Waals surface area contributed by atoms with Gasteiger partial charge in [-0.1, -0.05) is 30.7 Å². The van der Waals surface area contributed by atoms with Crippen molar-refractivity contribution in [2.24, 2.45) is 11.8 Å². The van der Waals surface area contributed by atoms with Crippen LogP contribution in [0, 0.1) is 11.8 Å². The first-order chi connectivity index (χ1) is 4.90. The van der Waals surface area contributed by atoms with Gasteiger partial charge >= 0.3 is 0 Å². The predicted octanol–water partition coefficient (Wildman–Crippen LogP) is 2.92. The van der Waals surface area contributed by atoms with Crippen molar-refractivity contribution in [2.75, 3.05) is 0 Å². The van der Waals surface area contributed by atoms with Gasteiger partial charge in [0.2, 0.25) is 0 Å². The molecule has 0 spiro atoms. The molecule has 0 nitrogen and oxygen atoms in total. The summed E-state index contributed by atoms with van der Waals surface area (Å²) >= 11 is 0. The Morgan fingerprint density at radius 2 is 2.50 bits per heavy atom. The molecule has 0 heteroatoms. The van der Waals surface area contributed by atoms with Crippen LogP contribution >= 0.6 is 0 Å². The molecule has 2 unspecified atom stereocenters. The first kappa shape index (κ1) is 6.21. The van der Waals surface area contributed by atoms with Gasteiger partial charge in [-0.15, -0.1) is 0 Å². The molecule has 0 aromatic carbocycles. The highest BCUT2D eigenvalue weighted by Crippen LogP contribution is 2.42. The number of fused-ring (bicyclic) bond motifs is 2. The van der Waals surface area contributed by atoms with E-state index in [2.05, 4.69) is 25.2 Å². The van der Waals surface area contributed by atoms with Crippen LogP contribution in [-0.4, -0.2) is 0 Å². The second-order valence-electron chi connectivity index (χ2n) is 3.38. The van der Waals surface area contributed by atoms with Crippen molar-refractivity contribution >= 4 is 0 Å². The largest absolute Gasteiger partial charge is 0.0850 e. The molecule has 1 fully saturated rings. The van der Waals surface area contributed by atoms with Crippen LogP contribution in [0.15, 0.2) is 23.8 Å². The molecule has 0 aliphatic heterocycles. The summed E-state index contributed by atoms with van der Waals surface area (Å²) in [4.78, 5) is 0. The number of hydrogen-bond acceptors (Lipinski definition) is 0. The van der Waals surface area contributed by atoms with Gasteiger partial charge in [-0.3, -0.25) is 0 Å². The Labute approximate surface area is 62.6 Å². The van der Waals surface area contributed by atoms with Crippen LogP contribution in [0.25, 0.3) is 0 Å². The van der Waals surface area contributed by atoms with Crippen LogP contribution in [0.4, 0.5) is 0 Å². The quantitative estimate of drug-likeness (QED) is 0.484. The topological polar surface area (TPSA) is 0 Å². The van der Waals surface area contributed by atoms with E-state index in [1.54, 1.807) is 5.57 Å². The van der Waals surface area contributed by atoms with Gasteiger partial charge in [0.05, 0.1) is 0 Å². The lowest BCUT2D eigenvalue weighted by molar-refractivity contribution is 0.693. The Kier molecular flexibility index (Phi) is 1.40. The molecule has 0 aromatic heterocycles. The lowest BCUT2D eigenvalue weighted by atomic mass is 10.00. The van der Waals surface area contributed by atoms with Gasteiger partial charge in [0.25, 0.3) is 0 Å². The highest BCUT2D eigenvalue weighted by molar-refractivity contribution is 5.26. The Morgan fingerprint density at radius 1 is 1.60 bits per heavy atom. The molecular weight excluding hydrogens is 120 g/mol. The summed E-state index contributed by atoms with van der Waals surface area (Å²) in [7, 11) is 0. The third-order valence-corrected chi connectivity index (χ3v) is 2.61. The van der Waals surface area contributed by atoms with Crippen molar-refractivity contribution in [3.05, 3.63) is 23.8 Å². The SMILES string of the molecule is CCC=C1CC2C=CC1C2. The molecule has 1 saturated carbocycles. The lowest BCUT2D eigenvalue weighted by Crippen LogP contribution is -1.91. The van der Waals surface area contributed by atoms with E-state index in [9.17, 15) is 0 Å². The summed E-state index contributed by atoms with van der Waals surface area (Å²) in [5.74, 6) is 1.74. The Bertz CT molecular complexity index is 186. The normalized spacial score (nSPS) is 39.9. The van der Waals surface area contributed by atoms with Gasteiger partial charge < -0.3 is 0 Å². The van der Waals surface area contributed by atoms with Crippen molar-refractivity contribution in [3.63, 3.8) is 0 Å². The van der Waals surface area contributed by atoms with E-state index in [1.807, 2.05) is 0 Å². The third kappa shape index (κ3) is 0.828. The maximum Gasteiger partial charge on any atom is -0.00173 e. The monoisotopic (exact) mass is 134 g/mol. The maximum atomic E-state index is 2.41. The van der Waals surface area contributed by atoms with Crippen LogP contribution < -0.4 is 0 Å². The number of rotatable bonds is 1. The second kappa shape index (κ2) is 2.26. The van der Waals surface area contributed by atoms with Crippen LogP contribution in [-0.2, 0) is 0 Å². The number of hydrogen-bond donors (Lipinski definition) is 0. The summed E-state index contributed by atoms with van der Waals surface area (Å²) in [5.41, 5.74) is 1.70. The first-order valence-corrected chi connectivity index (χ1v) is 4.27. The molecule has 2 rings (SSSR count). The molecule has 0 saturated heterocycles. The molecule has 2 aliphatic carbocycles. The van der Waals surface area contributed by atoms with Gasteiger partial charge in [-0.25, -0.2) is 0 Å². The Hall–Kier alpha value is -0.520. The standard InChI is InChI=1S/C10H14/c1-2-3-9-6-8-4-5-10(9)7-8/h3-5,8,10H,2,6-7H2,1H3. The van der Waals surface area contributed by atoms with E-state index < -0.39 is 0 Å². The minimum Gasteiger partial charge on any atom is -0.0850 e. The van der Waals surface area contributed by atoms with Gasteiger partial charge in [0.15, 0.2) is 0 Å². The summed E-state index contributed by atoms with van der Waals surface area (Å²) in [6.45, 7) is 2.22. The first-order valence-electron chi connectivity index (χ1n) is 4.27. The fourth-order valence-electron chi connectivity index (χ4n) is 2.15. The highest BCUT2D eigenvalue weighted by Gasteiger charge is 2.29. The molecule has 54 valence electrons. The molecule has 0 aromatic rings. The van der Waals surface area contributed by atoms with Gasteiger partial charge in [0.1, 0.15) is 0 Å². The molecular formula is C10H14. The van der Waals surface area contributed by atoms with Gasteiger partial charge in [-0.2, -0.15) is 0 Å². The summed E-state index contributed by atoms with van der Waals surface area (Å²) in [5, 5.41) is 0. The van der Waals surface area contributed by atoms with E-state index in [4.69, 9.17) is 0 Å². The van der Waals surface area contributed by atoms with Crippen molar-refractivity contribution in [1.29, 1.82) is 0 Å². The van der Waals surface area contributed by atoms with E-state index in [0.717, 1.165) is 11.8 Å². The zero-order valence-corrected chi connectivity index (χ0v) is 6.51. The van der Waals surface area contributed by atoms with Crippen LogP contribution in [0.5, 0.6) is 0 Å². The fourth-order valence-corrected chi connectivity index (χ4v) is 2.15. The molecule has 2 atom stereocenters. The molecule has 2 aliphatic rings. The molecule has 0 N–H and O–H groups in total. The fraction of sp³-hybridized carbons (Fsp3) is 0.600. The smallest absolute Gasteiger partial charge is 0.00173 e. The molecule has 0 heterocycles. The van der Waals surface area contributed by atoms with E-state index >= 15 is 0 Å². The van der Waals surface area contributed by atoms with Gasteiger partial charge in [0, 0.05) is 0 Å². The summed E-state index contributed by atoms with van der Waals surface area (Å²) in [6.07, 6.45) is 11.2. The zero-order chi connectivity index (χ0) is 6.97. The van der Waals surface area contributed by atoms with Crippen LogP contribution in [0.3, 0.4) is 0 Å². The number of allylic oxidation sites excluding steroid dienone is 4. The third-order valence-electron chi connectivity index (χ3n) is 2.61. The second-order valence-corrected chi connectivity index (χ2v) is 3.38. The molecule has 0 radical (unpaired) electrons. The van der Waals surface area contributed by atoms with E-state index in [0.29, 0.717) is 0 Å². The summed E-state index contributed by atoms with van der Waals surface area (Å²) < 4.78 is 0. The van der Waals surface area contributed by atoms with Crippen LogP contribution in [0.2, 0.25) is 0 Å². The van der Waals surface area contributed by atoms with E-state index in [-0.39, 0.29) is 0 Å². The van der Waals surface area contributed by atoms with Crippen molar-refractivity contribution in [2.45, 2.75) is 26.2 Å². The summed E-state index contributed by atoms with van der Waals surface area (Å²) in [6, 6.07) is 0. The maximum absolute atomic E-state index is 2.41. The predicted molar refractivity (Wildman–Crippen MR) is 43.7 cm³/mol. The van der Waals surface area contributed by atoms with Crippen molar-refractivity contribution < 1.29 is 0 Å². The molecule has 10 heavy (non-hydrogen) atoms. The molecule has 2 bridgehead atoms. The minimum absolute atomic E-state index is 0.838. The van der Waals surface area contributed by atoms with Gasteiger partial charge in [-0.05, 0) is 31.1 Å². The van der Waals surface area contributed by atoms with E-state index in [1.165, 1.54) is 19.3 Å². The zero-order valence-electron chi connectivity index (χ0n) is 6.51. The average Bonchev–Trinajstić information content (AvgIpc) is 2.48. The average molecular weight is 134 g/mol.